The first kappa shape index (κ1) is 14.8. The van der Waals surface area contributed by atoms with E-state index in [9.17, 15) is 4.39 Å². The molecule has 21 heavy (non-hydrogen) atoms. The summed E-state index contributed by atoms with van der Waals surface area (Å²) in [5, 5.41) is 0. The number of benzene rings is 1. The summed E-state index contributed by atoms with van der Waals surface area (Å²) in [4.78, 5) is 0. The third-order valence-electron chi connectivity index (χ3n) is 4.13. The second kappa shape index (κ2) is 5.27. The molecule has 1 aliphatic carbocycles. The number of halogens is 2. The van der Waals surface area contributed by atoms with Crippen LogP contribution < -0.4 is 0 Å². The molecule has 1 spiro atoms. The summed E-state index contributed by atoms with van der Waals surface area (Å²) in [7, 11) is 0. The Morgan fingerprint density at radius 3 is 2.33 bits per heavy atom. The van der Waals surface area contributed by atoms with Gasteiger partial charge in [-0.3, -0.25) is 0 Å². The molecule has 1 heterocycles. The maximum Gasteiger partial charge on any atom is 0.173 e. The lowest BCUT2D eigenvalue weighted by atomic mass is 9.73. The molecule has 0 aromatic heterocycles. The van der Waals surface area contributed by atoms with Crippen LogP contribution in [0.25, 0.3) is 5.57 Å². The summed E-state index contributed by atoms with van der Waals surface area (Å²) in [6.07, 6.45) is 1.22. The summed E-state index contributed by atoms with van der Waals surface area (Å²) < 4.78 is 30.0. The van der Waals surface area contributed by atoms with Gasteiger partial charge in [0, 0.05) is 23.8 Å². The number of rotatable bonds is 2. The van der Waals surface area contributed by atoms with Crippen LogP contribution in [0.3, 0.4) is 0 Å². The van der Waals surface area contributed by atoms with Crippen molar-refractivity contribution in [1.29, 1.82) is 0 Å². The molecule has 1 saturated heterocycles. The fourth-order valence-electron chi connectivity index (χ4n) is 3.31. The van der Waals surface area contributed by atoms with Crippen molar-refractivity contribution in [3.05, 3.63) is 41.4 Å². The second-order valence-electron chi connectivity index (χ2n) is 6.24. The SMILES string of the molecule is CC1(C)CC2(CC(c3ccc(F)cc3)=C1OCl)OCCO2. The van der Waals surface area contributed by atoms with E-state index in [0.717, 1.165) is 11.1 Å². The fourth-order valence-corrected chi connectivity index (χ4v) is 3.61. The third kappa shape index (κ3) is 2.68. The van der Waals surface area contributed by atoms with Gasteiger partial charge in [0.05, 0.1) is 13.2 Å². The van der Waals surface area contributed by atoms with Crippen LogP contribution in [0.5, 0.6) is 0 Å². The van der Waals surface area contributed by atoms with Crippen molar-refractivity contribution in [2.45, 2.75) is 32.5 Å². The van der Waals surface area contributed by atoms with Crippen LogP contribution in [0.1, 0.15) is 32.3 Å². The van der Waals surface area contributed by atoms with Gasteiger partial charge in [-0.05, 0) is 17.7 Å². The van der Waals surface area contributed by atoms with Crippen LogP contribution in [-0.4, -0.2) is 19.0 Å². The minimum Gasteiger partial charge on any atom is -0.389 e. The van der Waals surface area contributed by atoms with Gasteiger partial charge < -0.3 is 13.8 Å². The Labute approximate surface area is 128 Å². The Balaban J connectivity index is 2.08. The van der Waals surface area contributed by atoms with Crippen molar-refractivity contribution in [2.75, 3.05) is 13.2 Å². The van der Waals surface area contributed by atoms with E-state index in [1.807, 2.05) is 13.8 Å². The van der Waals surface area contributed by atoms with Gasteiger partial charge in [0.1, 0.15) is 23.4 Å². The topological polar surface area (TPSA) is 27.7 Å². The Morgan fingerprint density at radius 2 is 1.76 bits per heavy atom. The largest absolute Gasteiger partial charge is 0.389 e. The maximum absolute atomic E-state index is 13.2. The van der Waals surface area contributed by atoms with Gasteiger partial charge in [-0.25, -0.2) is 4.39 Å². The predicted molar refractivity (Wildman–Crippen MR) is 77.9 cm³/mol. The van der Waals surface area contributed by atoms with Crippen LogP contribution in [-0.2, 0) is 13.8 Å². The van der Waals surface area contributed by atoms with Crippen molar-refractivity contribution >= 4 is 17.4 Å². The van der Waals surface area contributed by atoms with Gasteiger partial charge in [-0.15, -0.1) is 0 Å². The first-order valence-electron chi connectivity index (χ1n) is 7.02. The van der Waals surface area contributed by atoms with E-state index in [1.165, 1.54) is 12.1 Å². The molecule has 114 valence electrons. The minimum atomic E-state index is -0.633. The molecule has 1 fully saturated rings. The predicted octanol–water partition coefficient (Wildman–Crippen LogP) is 4.27. The molecule has 3 rings (SSSR count). The molecule has 0 saturated carbocycles. The second-order valence-corrected chi connectivity index (χ2v) is 6.39. The lowest BCUT2D eigenvalue weighted by Gasteiger charge is -2.42. The van der Waals surface area contributed by atoms with Crippen molar-refractivity contribution in [3.63, 3.8) is 0 Å². The Hall–Kier alpha value is -1.10. The van der Waals surface area contributed by atoms with Crippen LogP contribution >= 0.6 is 11.9 Å². The van der Waals surface area contributed by atoms with E-state index < -0.39 is 5.79 Å². The van der Waals surface area contributed by atoms with Gasteiger partial charge in [-0.1, -0.05) is 26.0 Å². The molecular formula is C16H18ClFO3. The van der Waals surface area contributed by atoms with Crippen LogP contribution in [0.15, 0.2) is 30.0 Å². The highest BCUT2D eigenvalue weighted by molar-refractivity contribution is 6.08. The molecule has 1 aromatic rings. The first-order chi connectivity index (χ1) is 9.96. The van der Waals surface area contributed by atoms with Crippen LogP contribution in [0.4, 0.5) is 4.39 Å². The van der Waals surface area contributed by atoms with Gasteiger partial charge >= 0.3 is 0 Å². The monoisotopic (exact) mass is 312 g/mol. The van der Waals surface area contributed by atoms with E-state index in [4.69, 9.17) is 25.6 Å². The van der Waals surface area contributed by atoms with Crippen molar-refractivity contribution in [2.24, 2.45) is 5.41 Å². The lowest BCUT2D eigenvalue weighted by Crippen LogP contribution is -2.41. The van der Waals surface area contributed by atoms with Crippen LogP contribution in [0, 0.1) is 11.2 Å². The normalized spacial score (nSPS) is 23.6. The smallest absolute Gasteiger partial charge is 0.173 e. The molecule has 0 amide bonds. The van der Waals surface area contributed by atoms with Crippen LogP contribution in [0.2, 0.25) is 0 Å². The average molecular weight is 313 g/mol. The summed E-state index contributed by atoms with van der Waals surface area (Å²) >= 11 is 5.72. The van der Waals surface area contributed by atoms with Gasteiger partial charge in [0.15, 0.2) is 5.79 Å². The van der Waals surface area contributed by atoms with E-state index in [1.54, 1.807) is 12.1 Å². The minimum absolute atomic E-state index is 0.272. The fraction of sp³-hybridized carbons (Fsp3) is 0.500. The molecule has 0 unspecified atom stereocenters. The van der Waals surface area contributed by atoms with Gasteiger partial charge in [0.25, 0.3) is 0 Å². The van der Waals surface area contributed by atoms with Crippen molar-refractivity contribution in [1.82, 2.24) is 0 Å². The summed E-state index contributed by atoms with van der Waals surface area (Å²) in [5.41, 5.74) is 1.45. The van der Waals surface area contributed by atoms with E-state index in [-0.39, 0.29) is 11.2 Å². The zero-order chi connectivity index (χ0) is 15.1. The molecule has 1 aromatic carbocycles. The maximum atomic E-state index is 13.2. The highest BCUT2D eigenvalue weighted by Gasteiger charge is 2.49. The van der Waals surface area contributed by atoms with Gasteiger partial charge in [0.2, 0.25) is 0 Å². The standard InChI is InChI=1S/C16H18ClFO3/c1-15(2)10-16(19-7-8-20-16)9-13(14(15)21-17)11-3-5-12(18)6-4-11/h3-6H,7-10H2,1-2H3. The van der Waals surface area contributed by atoms with Crippen molar-refractivity contribution in [3.8, 4) is 0 Å². The number of hydrogen-bond acceptors (Lipinski definition) is 3. The molecule has 2 aliphatic rings. The molecule has 3 nitrogen and oxygen atoms in total. The molecule has 0 bridgehead atoms. The summed E-state index contributed by atoms with van der Waals surface area (Å²) in [5.74, 6) is -0.210. The molecule has 0 radical (unpaired) electrons. The van der Waals surface area contributed by atoms with E-state index in [0.29, 0.717) is 31.8 Å². The molecule has 0 N–H and O–H groups in total. The van der Waals surface area contributed by atoms with E-state index >= 15 is 0 Å². The lowest BCUT2D eigenvalue weighted by molar-refractivity contribution is -0.177. The van der Waals surface area contributed by atoms with E-state index in [2.05, 4.69) is 0 Å². The first-order valence-corrected chi connectivity index (χ1v) is 7.33. The average Bonchev–Trinajstić information content (AvgIpc) is 2.85. The highest BCUT2D eigenvalue weighted by atomic mass is 35.5. The highest BCUT2D eigenvalue weighted by Crippen LogP contribution is 2.51. The summed E-state index contributed by atoms with van der Waals surface area (Å²) in [6.45, 7) is 5.26. The third-order valence-corrected chi connectivity index (χ3v) is 4.28. The number of ether oxygens (including phenoxy) is 2. The number of hydrogen-bond donors (Lipinski definition) is 0. The summed E-state index contributed by atoms with van der Waals surface area (Å²) in [6, 6.07) is 6.31. The molecule has 0 atom stereocenters. The Bertz CT molecular complexity index is 559. The van der Waals surface area contributed by atoms with Crippen molar-refractivity contribution < 1.29 is 18.2 Å². The Morgan fingerprint density at radius 1 is 1.14 bits per heavy atom. The zero-order valence-electron chi connectivity index (χ0n) is 12.1. The zero-order valence-corrected chi connectivity index (χ0v) is 12.9. The quantitative estimate of drug-likeness (QED) is 0.816. The number of allylic oxidation sites excluding steroid dienone is 1. The molecular weight excluding hydrogens is 295 g/mol. The van der Waals surface area contributed by atoms with Gasteiger partial charge in [-0.2, -0.15) is 0 Å². The molecule has 5 heteroatoms. The molecule has 1 aliphatic heterocycles. The Kier molecular flexibility index (Phi) is 3.72.